The van der Waals surface area contributed by atoms with Gasteiger partial charge in [0.05, 0.1) is 12.1 Å². The summed E-state index contributed by atoms with van der Waals surface area (Å²) in [5.41, 5.74) is 6.84. The van der Waals surface area contributed by atoms with E-state index < -0.39 is 6.04 Å². The largest absolute Gasteiger partial charge is 0.508 e. The average molecular weight is 278 g/mol. The van der Waals surface area contributed by atoms with Crippen molar-refractivity contribution in [1.82, 2.24) is 5.32 Å². The molecule has 0 heterocycles. The van der Waals surface area contributed by atoms with E-state index in [-0.39, 0.29) is 23.8 Å². The van der Waals surface area contributed by atoms with Crippen molar-refractivity contribution in [3.63, 3.8) is 0 Å². The van der Waals surface area contributed by atoms with Gasteiger partial charge in [0.2, 0.25) is 5.91 Å². The summed E-state index contributed by atoms with van der Waals surface area (Å²) in [4.78, 5) is 12.0. The number of aromatic hydroxyl groups is 1. The van der Waals surface area contributed by atoms with Crippen molar-refractivity contribution >= 4 is 5.91 Å². The highest BCUT2D eigenvalue weighted by Crippen LogP contribution is 2.23. The Morgan fingerprint density at radius 1 is 1.45 bits per heavy atom. The standard InChI is InChI=1S/C15H22N2O3/c1-2-20-13-8-11(9-13)17-15(19)14(16)7-10-3-5-12(18)6-4-10/h3-6,11,13-14,18H,2,7-9,16H2,1H3,(H,17,19)/t11?,13?,14-/m0/s1. The molecular formula is C15H22N2O3. The molecule has 5 nitrogen and oxygen atoms in total. The summed E-state index contributed by atoms with van der Waals surface area (Å²) in [6.07, 6.45) is 2.48. The van der Waals surface area contributed by atoms with Crippen molar-refractivity contribution in [2.24, 2.45) is 5.73 Å². The lowest BCUT2D eigenvalue weighted by molar-refractivity contribution is -0.124. The zero-order chi connectivity index (χ0) is 14.5. The van der Waals surface area contributed by atoms with E-state index in [4.69, 9.17) is 10.5 Å². The minimum absolute atomic E-state index is 0.127. The van der Waals surface area contributed by atoms with Crippen molar-refractivity contribution in [2.75, 3.05) is 6.61 Å². The topological polar surface area (TPSA) is 84.6 Å². The number of amides is 1. The number of hydrogen-bond acceptors (Lipinski definition) is 4. The summed E-state index contributed by atoms with van der Waals surface area (Å²) < 4.78 is 5.45. The molecule has 5 heteroatoms. The van der Waals surface area contributed by atoms with Gasteiger partial charge in [-0.3, -0.25) is 4.79 Å². The highest BCUT2D eigenvalue weighted by Gasteiger charge is 2.31. The van der Waals surface area contributed by atoms with Gasteiger partial charge >= 0.3 is 0 Å². The van der Waals surface area contributed by atoms with E-state index in [0.29, 0.717) is 13.0 Å². The molecule has 0 saturated heterocycles. The lowest BCUT2D eigenvalue weighted by atomic mass is 9.89. The fourth-order valence-electron chi connectivity index (χ4n) is 2.34. The van der Waals surface area contributed by atoms with Gasteiger partial charge in [-0.2, -0.15) is 0 Å². The van der Waals surface area contributed by atoms with Crippen LogP contribution in [0.4, 0.5) is 0 Å². The minimum atomic E-state index is -0.564. The lowest BCUT2D eigenvalue weighted by Gasteiger charge is -2.35. The molecule has 4 N–H and O–H groups in total. The van der Waals surface area contributed by atoms with Crippen molar-refractivity contribution in [3.8, 4) is 5.75 Å². The van der Waals surface area contributed by atoms with Gasteiger partial charge in [-0.15, -0.1) is 0 Å². The molecule has 2 rings (SSSR count). The van der Waals surface area contributed by atoms with Gasteiger partial charge in [0.15, 0.2) is 0 Å². The number of nitrogens with one attached hydrogen (secondary N) is 1. The maximum Gasteiger partial charge on any atom is 0.237 e. The number of ether oxygens (including phenoxy) is 1. The summed E-state index contributed by atoms with van der Waals surface area (Å²) in [6, 6.07) is 6.36. The molecule has 0 unspecified atom stereocenters. The maximum absolute atomic E-state index is 12.0. The van der Waals surface area contributed by atoms with Crippen molar-refractivity contribution in [3.05, 3.63) is 29.8 Å². The van der Waals surface area contributed by atoms with Crippen LogP contribution < -0.4 is 11.1 Å². The summed E-state index contributed by atoms with van der Waals surface area (Å²) in [5, 5.41) is 12.1. The predicted molar refractivity (Wildman–Crippen MR) is 76.4 cm³/mol. The molecule has 1 aromatic carbocycles. The van der Waals surface area contributed by atoms with E-state index in [1.54, 1.807) is 24.3 Å². The van der Waals surface area contributed by atoms with Gasteiger partial charge in [-0.1, -0.05) is 12.1 Å². The molecule has 0 bridgehead atoms. The number of carbonyl (C=O) groups excluding carboxylic acids is 1. The first-order valence-electron chi connectivity index (χ1n) is 7.04. The molecule has 0 spiro atoms. The van der Waals surface area contributed by atoms with Crippen LogP contribution in [-0.4, -0.2) is 35.8 Å². The number of hydrogen-bond donors (Lipinski definition) is 3. The van der Waals surface area contributed by atoms with Gasteiger partial charge in [-0.05, 0) is 43.9 Å². The first-order valence-corrected chi connectivity index (χ1v) is 7.04. The Kier molecular flexibility index (Phi) is 4.98. The number of nitrogens with two attached hydrogens (primary N) is 1. The monoisotopic (exact) mass is 278 g/mol. The number of phenols is 1. The second kappa shape index (κ2) is 6.72. The van der Waals surface area contributed by atoms with Crippen molar-refractivity contribution in [2.45, 2.75) is 44.4 Å². The third-order valence-corrected chi connectivity index (χ3v) is 3.57. The van der Waals surface area contributed by atoms with Crippen LogP contribution >= 0.6 is 0 Å². The zero-order valence-corrected chi connectivity index (χ0v) is 11.7. The average Bonchev–Trinajstić information content (AvgIpc) is 2.39. The molecule has 0 radical (unpaired) electrons. The van der Waals surface area contributed by atoms with E-state index in [1.165, 1.54) is 0 Å². The summed E-state index contributed by atoms with van der Waals surface area (Å²) >= 11 is 0. The van der Waals surface area contributed by atoms with Gasteiger partial charge in [0.25, 0.3) is 0 Å². The Bertz CT molecular complexity index is 441. The summed E-state index contributed by atoms with van der Waals surface area (Å²) in [7, 11) is 0. The normalized spacial score (nSPS) is 22.9. The van der Waals surface area contributed by atoms with E-state index in [2.05, 4.69) is 5.32 Å². The Balaban J connectivity index is 1.74. The van der Waals surface area contributed by atoms with Gasteiger partial charge in [0.1, 0.15) is 5.75 Å². The number of rotatable bonds is 6. The van der Waals surface area contributed by atoms with Crippen LogP contribution in [0.5, 0.6) is 5.75 Å². The maximum atomic E-state index is 12.0. The second-order valence-corrected chi connectivity index (χ2v) is 5.23. The van der Waals surface area contributed by atoms with E-state index >= 15 is 0 Å². The van der Waals surface area contributed by atoms with Crippen LogP contribution in [0.15, 0.2) is 24.3 Å². The van der Waals surface area contributed by atoms with Gasteiger partial charge < -0.3 is 20.9 Å². The lowest BCUT2D eigenvalue weighted by Crippen LogP contribution is -2.52. The first kappa shape index (κ1) is 14.8. The molecule has 1 aromatic rings. The Morgan fingerprint density at radius 3 is 2.70 bits per heavy atom. The predicted octanol–water partition coefficient (Wildman–Crippen LogP) is 0.946. The van der Waals surface area contributed by atoms with Gasteiger partial charge in [-0.25, -0.2) is 0 Å². The third kappa shape index (κ3) is 3.95. The molecule has 0 aromatic heterocycles. The van der Waals surface area contributed by atoms with Crippen molar-refractivity contribution < 1.29 is 14.6 Å². The molecule has 1 aliphatic carbocycles. The minimum Gasteiger partial charge on any atom is -0.508 e. The first-order chi connectivity index (χ1) is 9.58. The smallest absolute Gasteiger partial charge is 0.237 e. The zero-order valence-electron chi connectivity index (χ0n) is 11.7. The highest BCUT2D eigenvalue weighted by molar-refractivity contribution is 5.82. The quantitative estimate of drug-likeness (QED) is 0.723. The third-order valence-electron chi connectivity index (χ3n) is 3.57. The van der Waals surface area contributed by atoms with Crippen molar-refractivity contribution in [1.29, 1.82) is 0 Å². The number of benzene rings is 1. The van der Waals surface area contributed by atoms with Crippen LogP contribution in [0.2, 0.25) is 0 Å². The Labute approximate surface area is 119 Å². The molecule has 1 fully saturated rings. The molecule has 1 aliphatic rings. The SMILES string of the molecule is CCOC1CC(NC(=O)[C@@H](N)Cc2ccc(O)cc2)C1. The van der Waals surface area contributed by atoms with Crippen LogP contribution in [-0.2, 0) is 16.0 Å². The molecule has 1 atom stereocenters. The van der Waals surface area contributed by atoms with Gasteiger partial charge in [0, 0.05) is 12.6 Å². The molecule has 1 saturated carbocycles. The fraction of sp³-hybridized carbons (Fsp3) is 0.533. The van der Waals surface area contributed by atoms with E-state index in [9.17, 15) is 9.90 Å². The van der Waals surface area contributed by atoms with Crippen LogP contribution in [0, 0.1) is 0 Å². The molecule has 110 valence electrons. The van der Waals surface area contributed by atoms with Crippen LogP contribution in [0.3, 0.4) is 0 Å². The molecule has 20 heavy (non-hydrogen) atoms. The summed E-state index contributed by atoms with van der Waals surface area (Å²) in [6.45, 7) is 2.69. The van der Waals surface area contributed by atoms with Crippen LogP contribution in [0.1, 0.15) is 25.3 Å². The second-order valence-electron chi connectivity index (χ2n) is 5.23. The molecular weight excluding hydrogens is 256 g/mol. The summed E-state index contributed by atoms with van der Waals surface area (Å²) in [5.74, 6) is 0.0845. The molecule has 0 aliphatic heterocycles. The fourth-order valence-corrected chi connectivity index (χ4v) is 2.34. The molecule has 1 amide bonds. The Morgan fingerprint density at radius 2 is 2.10 bits per heavy atom. The van der Waals surface area contributed by atoms with E-state index in [1.807, 2.05) is 6.92 Å². The van der Waals surface area contributed by atoms with E-state index in [0.717, 1.165) is 18.4 Å². The number of phenolic OH excluding ortho intramolecular Hbond substituents is 1. The Hall–Kier alpha value is -1.59. The van der Waals surface area contributed by atoms with Crippen LogP contribution in [0.25, 0.3) is 0 Å². The highest BCUT2D eigenvalue weighted by atomic mass is 16.5. The number of carbonyl (C=O) groups is 1.